The van der Waals surface area contributed by atoms with Gasteiger partial charge in [-0.2, -0.15) is 0 Å². The number of alkyl carbamates (subject to hydrolysis) is 1. The molecule has 0 aromatic heterocycles. The van der Waals surface area contributed by atoms with Crippen LogP contribution in [0.5, 0.6) is 0 Å². The van der Waals surface area contributed by atoms with Crippen LogP contribution >= 0.6 is 0 Å². The first-order valence-electron chi connectivity index (χ1n) is 7.60. The van der Waals surface area contributed by atoms with Gasteiger partial charge in [-0.05, 0) is 24.0 Å². The summed E-state index contributed by atoms with van der Waals surface area (Å²) < 4.78 is 5.02. The number of benzene rings is 2. The average Bonchev–Trinajstić information content (AvgIpc) is 2.61. The van der Waals surface area contributed by atoms with Gasteiger partial charge in [0.2, 0.25) is 0 Å². The monoisotopic (exact) mass is 325 g/mol. The molecular weight excluding hydrogens is 306 g/mol. The first-order chi connectivity index (χ1) is 11.6. The normalized spacial score (nSPS) is 10.9. The number of carbonyl (C=O) groups is 2. The molecule has 0 saturated carbocycles. The molecule has 2 N–H and O–H groups in total. The molecule has 0 bridgehead atoms. The SMILES string of the molecule is O=C(NC(=CCCc1ccccc1)C(=O)O)OCc1ccccc1. The van der Waals surface area contributed by atoms with E-state index in [0.29, 0.717) is 12.8 Å². The van der Waals surface area contributed by atoms with Crippen molar-refractivity contribution in [2.24, 2.45) is 0 Å². The van der Waals surface area contributed by atoms with Gasteiger partial charge in [-0.3, -0.25) is 5.32 Å². The van der Waals surface area contributed by atoms with E-state index in [2.05, 4.69) is 5.32 Å². The van der Waals surface area contributed by atoms with Crippen LogP contribution in [0.25, 0.3) is 0 Å². The molecule has 0 aliphatic carbocycles. The number of carboxylic acids is 1. The third kappa shape index (κ3) is 5.96. The second-order valence-corrected chi connectivity index (χ2v) is 5.13. The minimum Gasteiger partial charge on any atom is -0.477 e. The van der Waals surface area contributed by atoms with Crippen molar-refractivity contribution in [1.82, 2.24) is 5.32 Å². The minimum atomic E-state index is -1.19. The number of hydrogen-bond acceptors (Lipinski definition) is 3. The second kappa shape index (κ2) is 9.15. The second-order valence-electron chi connectivity index (χ2n) is 5.13. The van der Waals surface area contributed by atoms with Crippen molar-refractivity contribution >= 4 is 12.1 Å². The van der Waals surface area contributed by atoms with Gasteiger partial charge in [-0.25, -0.2) is 9.59 Å². The fraction of sp³-hybridized carbons (Fsp3) is 0.158. The Morgan fingerprint density at radius 1 is 0.958 bits per heavy atom. The number of aliphatic carboxylic acids is 1. The van der Waals surface area contributed by atoms with Crippen LogP contribution in [0.2, 0.25) is 0 Å². The zero-order valence-electron chi connectivity index (χ0n) is 13.1. The van der Waals surface area contributed by atoms with E-state index in [9.17, 15) is 9.59 Å². The number of carbonyl (C=O) groups excluding carboxylic acids is 1. The fourth-order valence-electron chi connectivity index (χ4n) is 2.09. The van der Waals surface area contributed by atoms with Gasteiger partial charge in [0.25, 0.3) is 0 Å². The van der Waals surface area contributed by atoms with E-state index in [4.69, 9.17) is 9.84 Å². The lowest BCUT2D eigenvalue weighted by Gasteiger charge is -2.08. The Bertz CT molecular complexity index is 696. The van der Waals surface area contributed by atoms with Gasteiger partial charge in [0.05, 0.1) is 0 Å². The van der Waals surface area contributed by atoms with Gasteiger partial charge < -0.3 is 9.84 Å². The highest BCUT2D eigenvalue weighted by molar-refractivity contribution is 5.90. The lowest BCUT2D eigenvalue weighted by molar-refractivity contribution is -0.133. The molecule has 0 atom stereocenters. The number of amides is 1. The summed E-state index contributed by atoms with van der Waals surface area (Å²) in [6.45, 7) is 0.0869. The van der Waals surface area contributed by atoms with Gasteiger partial charge in [-0.15, -0.1) is 0 Å². The molecule has 124 valence electrons. The van der Waals surface area contributed by atoms with Crippen molar-refractivity contribution in [3.8, 4) is 0 Å². The summed E-state index contributed by atoms with van der Waals surface area (Å²) in [5, 5.41) is 11.4. The van der Waals surface area contributed by atoms with E-state index in [0.717, 1.165) is 11.1 Å². The van der Waals surface area contributed by atoms with Crippen LogP contribution in [0.1, 0.15) is 17.5 Å². The third-order valence-electron chi connectivity index (χ3n) is 3.30. The molecule has 0 heterocycles. The molecule has 5 heteroatoms. The summed E-state index contributed by atoms with van der Waals surface area (Å²) >= 11 is 0. The number of aryl methyl sites for hydroxylation is 1. The minimum absolute atomic E-state index is 0.0869. The maximum Gasteiger partial charge on any atom is 0.412 e. The molecule has 0 unspecified atom stereocenters. The van der Waals surface area contributed by atoms with Gasteiger partial charge in [0.1, 0.15) is 12.3 Å². The van der Waals surface area contributed by atoms with Crippen LogP contribution in [0.4, 0.5) is 4.79 Å². The van der Waals surface area contributed by atoms with Crippen molar-refractivity contribution in [2.45, 2.75) is 19.4 Å². The Morgan fingerprint density at radius 3 is 2.12 bits per heavy atom. The van der Waals surface area contributed by atoms with Gasteiger partial charge in [0.15, 0.2) is 0 Å². The van der Waals surface area contributed by atoms with E-state index in [-0.39, 0.29) is 12.3 Å². The highest BCUT2D eigenvalue weighted by atomic mass is 16.5. The topological polar surface area (TPSA) is 75.6 Å². The van der Waals surface area contributed by atoms with Crippen LogP contribution in [0.3, 0.4) is 0 Å². The molecule has 0 saturated heterocycles. The van der Waals surface area contributed by atoms with Crippen molar-refractivity contribution < 1.29 is 19.4 Å². The Hall–Kier alpha value is -3.08. The Morgan fingerprint density at radius 2 is 1.54 bits per heavy atom. The van der Waals surface area contributed by atoms with Crippen LogP contribution in [0.15, 0.2) is 72.4 Å². The molecule has 0 radical (unpaired) electrons. The number of nitrogens with one attached hydrogen (secondary N) is 1. The molecule has 2 rings (SSSR count). The zero-order valence-corrected chi connectivity index (χ0v) is 13.1. The lowest BCUT2D eigenvalue weighted by atomic mass is 10.1. The number of hydrogen-bond donors (Lipinski definition) is 2. The number of ether oxygens (including phenoxy) is 1. The van der Waals surface area contributed by atoms with Crippen LogP contribution in [-0.2, 0) is 22.6 Å². The zero-order chi connectivity index (χ0) is 17.2. The molecule has 0 spiro atoms. The van der Waals surface area contributed by atoms with E-state index in [1.807, 2.05) is 60.7 Å². The predicted octanol–water partition coefficient (Wildman–Crippen LogP) is 3.51. The van der Waals surface area contributed by atoms with E-state index in [1.165, 1.54) is 6.08 Å². The van der Waals surface area contributed by atoms with E-state index >= 15 is 0 Å². The molecular formula is C19H19NO4. The summed E-state index contributed by atoms with van der Waals surface area (Å²) in [5.41, 5.74) is 1.76. The highest BCUT2D eigenvalue weighted by Crippen LogP contribution is 2.05. The van der Waals surface area contributed by atoms with E-state index < -0.39 is 12.1 Å². The smallest absolute Gasteiger partial charge is 0.412 e. The van der Waals surface area contributed by atoms with Crippen molar-refractivity contribution in [3.05, 3.63) is 83.6 Å². The molecule has 5 nitrogen and oxygen atoms in total. The van der Waals surface area contributed by atoms with Crippen LogP contribution in [-0.4, -0.2) is 17.2 Å². The number of allylic oxidation sites excluding steroid dienone is 1. The molecule has 0 aliphatic heterocycles. The summed E-state index contributed by atoms with van der Waals surface area (Å²) in [6, 6.07) is 18.9. The Labute approximate surface area is 140 Å². The van der Waals surface area contributed by atoms with Crippen molar-refractivity contribution in [1.29, 1.82) is 0 Å². The van der Waals surface area contributed by atoms with Crippen molar-refractivity contribution in [3.63, 3.8) is 0 Å². The summed E-state index contributed by atoms with van der Waals surface area (Å²) in [7, 11) is 0. The molecule has 2 aromatic rings. The quantitative estimate of drug-likeness (QED) is 0.764. The Balaban J connectivity index is 1.84. The molecule has 0 aliphatic rings. The van der Waals surface area contributed by atoms with Gasteiger partial charge >= 0.3 is 12.1 Å². The lowest BCUT2D eigenvalue weighted by Crippen LogP contribution is -2.28. The van der Waals surface area contributed by atoms with Gasteiger partial charge in [-0.1, -0.05) is 66.7 Å². The summed E-state index contributed by atoms with van der Waals surface area (Å²) in [5.74, 6) is -1.19. The Kier molecular flexibility index (Phi) is 6.58. The molecule has 24 heavy (non-hydrogen) atoms. The molecule has 1 amide bonds. The summed E-state index contributed by atoms with van der Waals surface area (Å²) in [6.07, 6.45) is 1.90. The maximum atomic E-state index is 11.7. The van der Waals surface area contributed by atoms with Crippen LogP contribution < -0.4 is 5.32 Å². The first-order valence-corrected chi connectivity index (χ1v) is 7.60. The largest absolute Gasteiger partial charge is 0.477 e. The van der Waals surface area contributed by atoms with Crippen molar-refractivity contribution in [2.75, 3.05) is 0 Å². The van der Waals surface area contributed by atoms with Gasteiger partial charge in [0, 0.05) is 0 Å². The van der Waals surface area contributed by atoms with E-state index in [1.54, 1.807) is 0 Å². The number of rotatable bonds is 7. The van der Waals surface area contributed by atoms with Crippen LogP contribution in [0, 0.1) is 0 Å². The molecule has 2 aromatic carbocycles. The summed E-state index contributed by atoms with van der Waals surface area (Å²) in [4.78, 5) is 22.9. The molecule has 0 fully saturated rings. The predicted molar refractivity (Wildman–Crippen MR) is 90.2 cm³/mol. The third-order valence-corrected chi connectivity index (χ3v) is 3.30. The fourth-order valence-corrected chi connectivity index (χ4v) is 2.09. The maximum absolute atomic E-state index is 11.7. The standard InChI is InChI=1S/C19H19NO4/c21-18(22)17(13-7-12-15-8-3-1-4-9-15)20-19(23)24-14-16-10-5-2-6-11-16/h1-6,8-11,13H,7,12,14H2,(H,20,23)(H,21,22). The average molecular weight is 325 g/mol. The number of carboxylic acid groups (broad SMARTS) is 1. The first kappa shape index (κ1) is 17.3. The highest BCUT2D eigenvalue weighted by Gasteiger charge is 2.12.